The van der Waals surface area contributed by atoms with Crippen molar-refractivity contribution in [3.63, 3.8) is 0 Å². The molecule has 1 aromatic rings. The molecule has 1 aromatic heterocycles. The SMILES string of the molecule is CCc1ccn([Si](C(C)C)(C(C)C)C(C)C)c1. The van der Waals surface area contributed by atoms with E-state index < -0.39 is 8.24 Å². The van der Waals surface area contributed by atoms with E-state index in [9.17, 15) is 0 Å². The minimum Gasteiger partial charge on any atom is -0.379 e. The maximum atomic E-state index is 2.62. The van der Waals surface area contributed by atoms with Crippen LogP contribution in [0.5, 0.6) is 0 Å². The van der Waals surface area contributed by atoms with Crippen LogP contribution in [0.4, 0.5) is 0 Å². The first-order valence-electron chi connectivity index (χ1n) is 7.04. The highest BCUT2D eigenvalue weighted by molar-refractivity contribution is 6.82. The Bertz CT molecular complexity index is 328. The molecule has 0 unspecified atom stereocenters. The van der Waals surface area contributed by atoms with Crippen LogP contribution in [0.3, 0.4) is 0 Å². The number of aryl methyl sites for hydroxylation is 1. The zero-order valence-corrected chi connectivity index (χ0v) is 13.6. The van der Waals surface area contributed by atoms with E-state index >= 15 is 0 Å². The second-order valence-electron chi connectivity index (χ2n) is 6.13. The van der Waals surface area contributed by atoms with Crippen molar-refractivity contribution in [3.05, 3.63) is 24.0 Å². The van der Waals surface area contributed by atoms with Gasteiger partial charge in [-0.25, -0.2) is 0 Å². The van der Waals surface area contributed by atoms with Gasteiger partial charge in [-0.15, -0.1) is 0 Å². The fraction of sp³-hybridized carbons (Fsp3) is 0.733. The third-order valence-electron chi connectivity index (χ3n) is 4.38. The van der Waals surface area contributed by atoms with E-state index in [1.807, 2.05) is 0 Å². The molecule has 0 bridgehead atoms. The van der Waals surface area contributed by atoms with E-state index in [-0.39, 0.29) is 0 Å². The van der Waals surface area contributed by atoms with Gasteiger partial charge in [0, 0.05) is 0 Å². The van der Waals surface area contributed by atoms with E-state index in [4.69, 9.17) is 0 Å². The maximum Gasteiger partial charge on any atom is 0.168 e. The number of hydrogen-bond donors (Lipinski definition) is 0. The first kappa shape index (κ1) is 14.6. The largest absolute Gasteiger partial charge is 0.379 e. The molecule has 0 fully saturated rings. The zero-order chi connectivity index (χ0) is 13.2. The lowest BCUT2D eigenvalue weighted by Gasteiger charge is -2.44. The number of aromatic nitrogens is 1. The molecular weight excluding hydrogens is 222 g/mol. The van der Waals surface area contributed by atoms with Crippen LogP contribution in [-0.4, -0.2) is 12.5 Å². The highest BCUT2D eigenvalue weighted by Gasteiger charge is 2.44. The molecular formula is C15H29NSi. The number of nitrogens with zero attached hydrogens (tertiary/aromatic N) is 1. The molecule has 1 rings (SSSR count). The molecule has 17 heavy (non-hydrogen) atoms. The van der Waals surface area contributed by atoms with Crippen LogP contribution >= 0.6 is 0 Å². The summed E-state index contributed by atoms with van der Waals surface area (Å²) in [5, 5.41) is 0. The Morgan fingerprint density at radius 3 is 1.76 bits per heavy atom. The van der Waals surface area contributed by atoms with Gasteiger partial charge >= 0.3 is 0 Å². The van der Waals surface area contributed by atoms with Gasteiger partial charge in [-0.2, -0.15) is 0 Å². The maximum absolute atomic E-state index is 2.62. The minimum atomic E-state index is -1.48. The zero-order valence-electron chi connectivity index (χ0n) is 12.6. The fourth-order valence-electron chi connectivity index (χ4n) is 3.79. The molecule has 0 atom stereocenters. The van der Waals surface area contributed by atoms with Crippen molar-refractivity contribution >= 4 is 8.24 Å². The predicted molar refractivity (Wildman–Crippen MR) is 80.3 cm³/mol. The van der Waals surface area contributed by atoms with Crippen LogP contribution < -0.4 is 0 Å². The van der Waals surface area contributed by atoms with Crippen LogP contribution in [0.15, 0.2) is 18.5 Å². The molecule has 2 heteroatoms. The van der Waals surface area contributed by atoms with Crippen molar-refractivity contribution in [1.82, 2.24) is 4.23 Å². The highest BCUT2D eigenvalue weighted by atomic mass is 28.3. The molecule has 0 aliphatic rings. The van der Waals surface area contributed by atoms with Gasteiger partial charge in [-0.05, 0) is 47.1 Å². The van der Waals surface area contributed by atoms with Gasteiger partial charge in [-0.1, -0.05) is 48.5 Å². The number of rotatable bonds is 5. The summed E-state index contributed by atoms with van der Waals surface area (Å²) in [5.41, 5.74) is 3.81. The number of hydrogen-bond acceptors (Lipinski definition) is 0. The third kappa shape index (κ3) is 2.37. The second kappa shape index (κ2) is 5.43. The summed E-state index contributed by atoms with van der Waals surface area (Å²) in [6, 6.07) is 2.30. The molecule has 0 radical (unpaired) electrons. The fourth-order valence-corrected chi connectivity index (χ4v) is 10.3. The Kier molecular flexibility index (Phi) is 4.65. The molecule has 0 aromatic carbocycles. The molecule has 0 N–H and O–H groups in total. The molecule has 0 aliphatic carbocycles. The van der Waals surface area contributed by atoms with Crippen molar-refractivity contribution in [2.45, 2.75) is 71.5 Å². The van der Waals surface area contributed by atoms with Crippen molar-refractivity contribution in [2.24, 2.45) is 0 Å². The average molecular weight is 251 g/mol. The second-order valence-corrected chi connectivity index (χ2v) is 11.9. The summed E-state index contributed by atoms with van der Waals surface area (Å²) < 4.78 is 2.62. The average Bonchev–Trinajstić information content (AvgIpc) is 2.65. The van der Waals surface area contributed by atoms with Crippen LogP contribution in [0.2, 0.25) is 16.6 Å². The van der Waals surface area contributed by atoms with Gasteiger partial charge in [0.15, 0.2) is 8.24 Å². The third-order valence-corrected chi connectivity index (χ3v) is 11.1. The van der Waals surface area contributed by atoms with Crippen molar-refractivity contribution < 1.29 is 0 Å². The monoisotopic (exact) mass is 251 g/mol. The van der Waals surface area contributed by atoms with Gasteiger partial charge in [0.1, 0.15) is 0 Å². The molecule has 0 saturated heterocycles. The van der Waals surface area contributed by atoms with E-state index in [1.54, 1.807) is 0 Å². The predicted octanol–water partition coefficient (Wildman–Crippen LogP) is 5.07. The van der Waals surface area contributed by atoms with E-state index in [1.165, 1.54) is 5.56 Å². The van der Waals surface area contributed by atoms with Crippen LogP contribution in [0.25, 0.3) is 0 Å². The summed E-state index contributed by atoms with van der Waals surface area (Å²) in [6.07, 6.45) is 5.89. The summed E-state index contributed by atoms with van der Waals surface area (Å²) in [4.78, 5) is 0. The van der Waals surface area contributed by atoms with Gasteiger partial charge in [-0.3, -0.25) is 0 Å². The Balaban J connectivity index is 3.30. The summed E-state index contributed by atoms with van der Waals surface area (Å²) >= 11 is 0. The standard InChI is InChI=1S/C15H29NSi/c1-8-15-9-10-16(11-15)17(12(2)3,13(4)5)14(6)7/h9-14H,8H2,1-7H3. The van der Waals surface area contributed by atoms with Gasteiger partial charge in [0.05, 0.1) is 0 Å². The minimum absolute atomic E-state index is 0.777. The van der Waals surface area contributed by atoms with Crippen molar-refractivity contribution in [1.29, 1.82) is 0 Å². The smallest absolute Gasteiger partial charge is 0.168 e. The van der Waals surface area contributed by atoms with Crippen molar-refractivity contribution in [2.75, 3.05) is 0 Å². The molecule has 0 amide bonds. The van der Waals surface area contributed by atoms with E-state index in [0.29, 0.717) is 0 Å². The van der Waals surface area contributed by atoms with Gasteiger partial charge in [0.25, 0.3) is 0 Å². The van der Waals surface area contributed by atoms with E-state index in [0.717, 1.165) is 23.0 Å². The van der Waals surface area contributed by atoms with Gasteiger partial charge < -0.3 is 4.23 Å². The molecule has 0 spiro atoms. The summed E-state index contributed by atoms with van der Waals surface area (Å²) in [6.45, 7) is 16.7. The first-order valence-corrected chi connectivity index (χ1v) is 9.22. The van der Waals surface area contributed by atoms with E-state index in [2.05, 4.69) is 71.2 Å². The topological polar surface area (TPSA) is 4.93 Å². The Hall–Kier alpha value is -0.503. The summed E-state index contributed by atoms with van der Waals surface area (Å²) in [5.74, 6) is 0. The normalized spacial score (nSPS) is 13.1. The molecule has 98 valence electrons. The lowest BCUT2D eigenvalue weighted by atomic mass is 10.3. The van der Waals surface area contributed by atoms with Crippen LogP contribution in [0.1, 0.15) is 54.0 Å². The van der Waals surface area contributed by atoms with Crippen LogP contribution in [-0.2, 0) is 6.42 Å². The lowest BCUT2D eigenvalue weighted by molar-refractivity contribution is 0.765. The molecule has 0 saturated carbocycles. The van der Waals surface area contributed by atoms with Crippen LogP contribution in [0, 0.1) is 0 Å². The quantitative estimate of drug-likeness (QED) is 0.644. The molecule has 1 heterocycles. The van der Waals surface area contributed by atoms with Gasteiger partial charge in [0.2, 0.25) is 0 Å². The Morgan fingerprint density at radius 1 is 1.00 bits per heavy atom. The highest BCUT2D eigenvalue weighted by Crippen LogP contribution is 2.42. The van der Waals surface area contributed by atoms with Crippen molar-refractivity contribution in [3.8, 4) is 0 Å². The molecule has 1 nitrogen and oxygen atoms in total. The Morgan fingerprint density at radius 2 is 1.47 bits per heavy atom. The lowest BCUT2D eigenvalue weighted by Crippen LogP contribution is -2.51. The summed E-state index contributed by atoms with van der Waals surface area (Å²) in [7, 11) is -1.48. The Labute approximate surface area is 108 Å². The first-order chi connectivity index (χ1) is 7.87. The molecule has 0 aliphatic heterocycles.